The Balaban J connectivity index is 2.57. The van der Waals surface area contributed by atoms with E-state index >= 15 is 0 Å². The van der Waals surface area contributed by atoms with Crippen molar-refractivity contribution in [2.24, 2.45) is 0 Å². The van der Waals surface area contributed by atoms with Crippen molar-refractivity contribution in [3.05, 3.63) is 46.1 Å². The number of phosphoric ester groups is 1. The van der Waals surface area contributed by atoms with Crippen LogP contribution >= 0.6 is 7.82 Å². The zero-order chi connectivity index (χ0) is 13.3. The lowest BCUT2D eigenvalue weighted by Gasteiger charge is -2.06. The van der Waals surface area contributed by atoms with Crippen molar-refractivity contribution in [3.63, 3.8) is 0 Å². The van der Waals surface area contributed by atoms with E-state index < -0.39 is 13.4 Å². The maximum atomic E-state index is 11.3. The van der Waals surface area contributed by atoms with Crippen LogP contribution in [0, 0.1) is 6.57 Å². The van der Waals surface area contributed by atoms with Gasteiger partial charge in [0.15, 0.2) is 0 Å². The first-order chi connectivity index (χ1) is 8.39. The second-order valence-electron chi connectivity index (χ2n) is 3.31. The summed E-state index contributed by atoms with van der Waals surface area (Å²) in [5.74, 6) is -0.130. The Bertz CT molecular complexity index is 753. The Kier molecular flexibility index (Phi) is 2.93. The summed E-state index contributed by atoms with van der Waals surface area (Å²) >= 11 is 0. The Morgan fingerprint density at radius 2 is 2.06 bits per heavy atom. The molecule has 7 nitrogen and oxygen atoms in total. The van der Waals surface area contributed by atoms with Gasteiger partial charge in [-0.1, -0.05) is 0 Å². The Hall–Kier alpha value is -2.13. The predicted molar refractivity (Wildman–Crippen MR) is 61.4 cm³/mol. The Morgan fingerprint density at radius 1 is 1.33 bits per heavy atom. The number of hydrogen-bond acceptors (Lipinski definition) is 4. The molecule has 1 aromatic carbocycles. The second-order valence-corrected chi connectivity index (χ2v) is 4.48. The van der Waals surface area contributed by atoms with E-state index in [0.717, 1.165) is 0 Å². The molecule has 2 N–H and O–H groups in total. The highest BCUT2D eigenvalue weighted by atomic mass is 31.2. The van der Waals surface area contributed by atoms with Crippen molar-refractivity contribution in [2.45, 2.75) is 0 Å². The highest BCUT2D eigenvalue weighted by molar-refractivity contribution is 7.46. The van der Waals surface area contributed by atoms with Crippen LogP contribution in [0.4, 0.5) is 5.69 Å². The molecule has 92 valence electrons. The average molecular weight is 267 g/mol. The van der Waals surface area contributed by atoms with Gasteiger partial charge >= 0.3 is 13.4 Å². The minimum Gasteiger partial charge on any atom is -0.431 e. The molecular weight excluding hydrogens is 261 g/mol. The van der Waals surface area contributed by atoms with Gasteiger partial charge in [0.2, 0.25) is 0 Å². The van der Waals surface area contributed by atoms with Crippen molar-refractivity contribution in [1.82, 2.24) is 0 Å². The third-order valence-corrected chi connectivity index (χ3v) is 2.48. The minimum absolute atomic E-state index is 0.0818. The van der Waals surface area contributed by atoms with Gasteiger partial charge in [-0.2, -0.15) is 0 Å². The van der Waals surface area contributed by atoms with Crippen LogP contribution in [0.2, 0.25) is 0 Å². The molecule has 0 spiro atoms. The van der Waals surface area contributed by atoms with Crippen LogP contribution in [0.1, 0.15) is 0 Å². The van der Waals surface area contributed by atoms with Crippen molar-refractivity contribution in [3.8, 4) is 5.75 Å². The molecule has 18 heavy (non-hydrogen) atoms. The van der Waals surface area contributed by atoms with Gasteiger partial charge in [-0.3, -0.25) is 14.6 Å². The van der Waals surface area contributed by atoms with Gasteiger partial charge in [-0.15, -0.1) is 0 Å². The van der Waals surface area contributed by atoms with Gasteiger partial charge in [-0.25, -0.2) is 9.41 Å². The molecule has 1 aromatic heterocycles. The standard InChI is InChI=1S/C10H6NO6P/c1-11-8-4-6-2-3-7(17-18(13,14)15)5-9(6)16-10(8)12/h2-5H,(H2,13,14,15). The lowest BCUT2D eigenvalue weighted by Crippen LogP contribution is -1.97. The molecule has 0 aliphatic heterocycles. The van der Waals surface area contributed by atoms with Gasteiger partial charge in [0.1, 0.15) is 11.3 Å². The molecule has 0 saturated carbocycles. The van der Waals surface area contributed by atoms with E-state index in [2.05, 4.69) is 9.37 Å². The molecule has 0 aliphatic rings. The van der Waals surface area contributed by atoms with Crippen LogP contribution in [0.5, 0.6) is 5.75 Å². The minimum atomic E-state index is -4.66. The fraction of sp³-hybridized carbons (Fsp3) is 0. The van der Waals surface area contributed by atoms with Gasteiger partial charge in [0.05, 0.1) is 6.57 Å². The highest BCUT2D eigenvalue weighted by Crippen LogP contribution is 2.38. The van der Waals surface area contributed by atoms with Crippen molar-refractivity contribution < 1.29 is 23.3 Å². The Labute approximate surface area is 100 Å². The van der Waals surface area contributed by atoms with E-state index in [9.17, 15) is 9.36 Å². The summed E-state index contributed by atoms with van der Waals surface area (Å²) in [4.78, 5) is 31.5. The number of fused-ring (bicyclic) bond motifs is 1. The van der Waals surface area contributed by atoms with E-state index in [-0.39, 0.29) is 17.0 Å². The molecule has 2 rings (SSSR count). The summed E-state index contributed by atoms with van der Waals surface area (Å²) in [5.41, 5.74) is -0.893. The molecule has 0 unspecified atom stereocenters. The summed E-state index contributed by atoms with van der Waals surface area (Å²) in [7, 11) is -4.66. The van der Waals surface area contributed by atoms with Gasteiger partial charge < -0.3 is 8.94 Å². The summed E-state index contributed by atoms with van der Waals surface area (Å²) in [6.45, 7) is 6.76. The SMILES string of the molecule is [C-]#[N+]c1cc2ccc(OP(=O)(O)O)cc2oc1=O. The van der Waals surface area contributed by atoms with Crippen molar-refractivity contribution in [1.29, 1.82) is 0 Å². The van der Waals surface area contributed by atoms with Crippen LogP contribution in [0.3, 0.4) is 0 Å². The zero-order valence-electron chi connectivity index (χ0n) is 8.73. The molecule has 0 fully saturated rings. The first-order valence-corrected chi connectivity index (χ1v) is 6.12. The molecule has 2 aromatic rings. The third kappa shape index (κ3) is 2.57. The molecule has 0 saturated heterocycles. The molecule has 1 heterocycles. The number of nitrogens with zero attached hydrogens (tertiary/aromatic N) is 1. The predicted octanol–water partition coefficient (Wildman–Crippen LogP) is 1.82. The molecule has 0 aliphatic carbocycles. The number of hydrogen-bond donors (Lipinski definition) is 2. The highest BCUT2D eigenvalue weighted by Gasteiger charge is 2.16. The third-order valence-electron chi connectivity index (χ3n) is 2.03. The van der Waals surface area contributed by atoms with Crippen molar-refractivity contribution in [2.75, 3.05) is 0 Å². The van der Waals surface area contributed by atoms with E-state index in [4.69, 9.17) is 20.8 Å². The number of rotatable bonds is 2. The lowest BCUT2D eigenvalue weighted by atomic mass is 10.2. The van der Waals surface area contributed by atoms with Crippen LogP contribution in [-0.2, 0) is 4.57 Å². The molecule has 0 atom stereocenters. The number of phosphoric acid groups is 1. The molecule has 0 amide bonds. The van der Waals surface area contributed by atoms with Crippen LogP contribution < -0.4 is 10.1 Å². The smallest absolute Gasteiger partial charge is 0.431 e. The largest absolute Gasteiger partial charge is 0.524 e. The molecule has 0 bridgehead atoms. The van der Waals surface area contributed by atoms with Gasteiger partial charge in [0.25, 0.3) is 5.69 Å². The van der Waals surface area contributed by atoms with Crippen molar-refractivity contribution >= 4 is 24.5 Å². The van der Waals surface area contributed by atoms with E-state index in [0.29, 0.717) is 5.39 Å². The van der Waals surface area contributed by atoms with E-state index in [1.807, 2.05) is 0 Å². The fourth-order valence-corrected chi connectivity index (χ4v) is 1.74. The van der Waals surface area contributed by atoms with Gasteiger partial charge in [-0.05, 0) is 18.2 Å². The first-order valence-electron chi connectivity index (χ1n) is 4.59. The maximum Gasteiger partial charge on any atom is 0.524 e. The van der Waals surface area contributed by atoms with E-state index in [1.54, 1.807) is 0 Å². The summed E-state index contributed by atoms with van der Waals surface area (Å²) in [5, 5.41) is 0.457. The maximum absolute atomic E-state index is 11.3. The zero-order valence-corrected chi connectivity index (χ0v) is 9.63. The fourth-order valence-electron chi connectivity index (χ4n) is 1.35. The molecule has 8 heteroatoms. The van der Waals surface area contributed by atoms with Crippen LogP contribution in [0.15, 0.2) is 33.5 Å². The molecular formula is C10H6NO6P. The second kappa shape index (κ2) is 4.27. The van der Waals surface area contributed by atoms with Crippen LogP contribution in [0.25, 0.3) is 15.8 Å². The van der Waals surface area contributed by atoms with E-state index in [1.165, 1.54) is 24.3 Å². The monoisotopic (exact) mass is 267 g/mol. The van der Waals surface area contributed by atoms with Crippen LogP contribution in [-0.4, -0.2) is 9.79 Å². The van der Waals surface area contributed by atoms with Gasteiger partial charge in [0, 0.05) is 11.5 Å². The number of benzene rings is 1. The Morgan fingerprint density at radius 3 is 2.67 bits per heavy atom. The normalized spacial score (nSPS) is 11.2. The average Bonchev–Trinajstić information content (AvgIpc) is 2.25. The first kappa shape index (κ1) is 12.3. The summed E-state index contributed by atoms with van der Waals surface area (Å²) in [6.07, 6.45) is 0. The topological polar surface area (TPSA) is 101 Å². The quantitative estimate of drug-likeness (QED) is 0.489. The summed E-state index contributed by atoms with van der Waals surface area (Å²) in [6, 6.07) is 5.23. The molecule has 0 radical (unpaired) electrons. The lowest BCUT2D eigenvalue weighted by molar-refractivity contribution is 0.283. The summed E-state index contributed by atoms with van der Waals surface area (Å²) < 4.78 is 19.8.